The summed E-state index contributed by atoms with van der Waals surface area (Å²) in [6.07, 6.45) is 7.28. The zero-order valence-electron chi connectivity index (χ0n) is 15.1. The third-order valence-corrected chi connectivity index (χ3v) is 5.45. The van der Waals surface area contributed by atoms with Gasteiger partial charge in [0, 0.05) is 37.9 Å². The molecule has 2 aliphatic rings. The second kappa shape index (κ2) is 7.45. The summed E-state index contributed by atoms with van der Waals surface area (Å²) in [5.74, 6) is 0.815. The molecule has 0 radical (unpaired) electrons. The van der Waals surface area contributed by atoms with E-state index in [1.807, 2.05) is 0 Å². The van der Waals surface area contributed by atoms with Gasteiger partial charge in [-0.2, -0.15) is 0 Å². The number of piperazine rings is 1. The number of anilines is 1. The van der Waals surface area contributed by atoms with E-state index in [1.54, 1.807) is 5.56 Å². The number of para-hydroxylation sites is 1. The maximum absolute atomic E-state index is 2.63. The maximum atomic E-state index is 2.63. The lowest BCUT2D eigenvalue weighted by Gasteiger charge is -2.42. The fourth-order valence-electron chi connectivity index (χ4n) is 3.95. The van der Waals surface area contributed by atoms with Crippen molar-refractivity contribution >= 4 is 11.8 Å². The average Bonchev–Trinajstić information content (AvgIpc) is 3.48. The summed E-state index contributed by atoms with van der Waals surface area (Å²) >= 11 is 0. The molecule has 1 unspecified atom stereocenters. The lowest BCUT2D eigenvalue weighted by atomic mass is 10.0. The first-order valence-corrected chi connectivity index (χ1v) is 9.61. The molecule has 2 aromatic rings. The van der Waals surface area contributed by atoms with Crippen LogP contribution in [0.25, 0.3) is 6.08 Å². The van der Waals surface area contributed by atoms with E-state index in [2.05, 4.69) is 83.5 Å². The number of hydrogen-bond acceptors (Lipinski definition) is 2. The summed E-state index contributed by atoms with van der Waals surface area (Å²) in [5.41, 5.74) is 4.34. The Kier molecular flexibility index (Phi) is 4.89. The van der Waals surface area contributed by atoms with Crippen LogP contribution in [0.15, 0.2) is 60.7 Å². The molecule has 0 bridgehead atoms. The van der Waals surface area contributed by atoms with Crippen molar-refractivity contribution in [3.63, 3.8) is 0 Å². The minimum Gasteiger partial charge on any atom is -0.366 e. The maximum Gasteiger partial charge on any atom is 0.0404 e. The van der Waals surface area contributed by atoms with Gasteiger partial charge in [-0.15, -0.1) is 0 Å². The van der Waals surface area contributed by atoms with Crippen LogP contribution in [-0.2, 0) is 0 Å². The van der Waals surface area contributed by atoms with Gasteiger partial charge in [-0.05, 0) is 42.9 Å². The highest BCUT2D eigenvalue weighted by atomic mass is 15.3. The zero-order valence-corrected chi connectivity index (χ0v) is 15.1. The van der Waals surface area contributed by atoms with Gasteiger partial charge in [0.2, 0.25) is 0 Å². The van der Waals surface area contributed by atoms with E-state index in [9.17, 15) is 0 Å². The lowest BCUT2D eigenvalue weighted by Crippen LogP contribution is -2.52. The van der Waals surface area contributed by atoms with E-state index in [4.69, 9.17) is 0 Å². The first kappa shape index (κ1) is 16.4. The molecular formula is C23H28N2. The monoisotopic (exact) mass is 332 g/mol. The topological polar surface area (TPSA) is 6.48 Å². The van der Waals surface area contributed by atoms with Gasteiger partial charge in [0.05, 0.1) is 0 Å². The first-order valence-electron chi connectivity index (χ1n) is 9.61. The van der Waals surface area contributed by atoms with Crippen LogP contribution in [0, 0.1) is 0 Å². The van der Waals surface area contributed by atoms with Crippen LogP contribution >= 0.6 is 0 Å². The quantitative estimate of drug-likeness (QED) is 0.777. The van der Waals surface area contributed by atoms with Crippen molar-refractivity contribution in [1.29, 1.82) is 0 Å². The van der Waals surface area contributed by atoms with Gasteiger partial charge in [0.1, 0.15) is 0 Å². The molecule has 1 atom stereocenters. The Labute approximate surface area is 151 Å². The number of nitrogens with zero attached hydrogens (tertiary/aromatic N) is 2. The Hall–Kier alpha value is -2.06. The molecular weight excluding hydrogens is 304 g/mol. The smallest absolute Gasteiger partial charge is 0.0404 e. The molecule has 130 valence electrons. The number of rotatable bonds is 5. The highest BCUT2D eigenvalue weighted by molar-refractivity contribution is 5.57. The van der Waals surface area contributed by atoms with Crippen LogP contribution < -0.4 is 4.90 Å². The predicted molar refractivity (Wildman–Crippen MR) is 107 cm³/mol. The molecule has 0 spiro atoms. The van der Waals surface area contributed by atoms with Crippen LogP contribution in [-0.4, -0.2) is 37.1 Å². The normalized spacial score (nSPS) is 21.8. The summed E-state index contributed by atoms with van der Waals surface area (Å²) in [6, 6.07) is 20.2. The van der Waals surface area contributed by atoms with Crippen molar-refractivity contribution in [2.45, 2.75) is 31.7 Å². The van der Waals surface area contributed by atoms with E-state index in [-0.39, 0.29) is 0 Å². The molecule has 2 nitrogen and oxygen atoms in total. The highest BCUT2D eigenvalue weighted by Gasteiger charge is 2.30. The van der Waals surface area contributed by atoms with Crippen LogP contribution in [0.2, 0.25) is 0 Å². The number of hydrogen-bond donors (Lipinski definition) is 0. The van der Waals surface area contributed by atoms with Crippen molar-refractivity contribution < 1.29 is 0 Å². The third-order valence-electron chi connectivity index (χ3n) is 5.45. The Morgan fingerprint density at radius 3 is 2.48 bits per heavy atom. The van der Waals surface area contributed by atoms with Crippen molar-refractivity contribution in [2.75, 3.05) is 31.1 Å². The van der Waals surface area contributed by atoms with Crippen molar-refractivity contribution in [3.8, 4) is 0 Å². The Bertz CT molecular complexity index is 718. The Balaban J connectivity index is 1.37. The number of benzene rings is 2. The van der Waals surface area contributed by atoms with Crippen LogP contribution in [0.3, 0.4) is 0 Å². The van der Waals surface area contributed by atoms with E-state index >= 15 is 0 Å². The summed E-state index contributed by atoms with van der Waals surface area (Å²) in [4.78, 5) is 5.20. The molecule has 1 saturated carbocycles. The fourth-order valence-corrected chi connectivity index (χ4v) is 3.95. The minimum atomic E-state index is 0.568. The molecule has 4 rings (SSSR count). The summed E-state index contributed by atoms with van der Waals surface area (Å²) < 4.78 is 0. The Morgan fingerprint density at radius 2 is 1.72 bits per heavy atom. The van der Waals surface area contributed by atoms with Crippen molar-refractivity contribution in [2.24, 2.45) is 0 Å². The highest BCUT2D eigenvalue weighted by Crippen LogP contribution is 2.44. The van der Waals surface area contributed by atoms with Gasteiger partial charge >= 0.3 is 0 Å². The van der Waals surface area contributed by atoms with Gasteiger partial charge in [-0.1, -0.05) is 60.7 Å². The molecule has 0 amide bonds. The lowest BCUT2D eigenvalue weighted by molar-refractivity contribution is 0.251. The first-order chi connectivity index (χ1) is 12.3. The molecule has 1 heterocycles. The molecule has 2 fully saturated rings. The molecule has 1 aliphatic heterocycles. The standard InChI is InChI=1S/C23H28N2/c1-19-18-24(15-7-10-20-8-3-2-4-9-20)16-17-25(19)23-12-6-5-11-22(23)21-13-14-21/h2-12,19,21H,13-18H2,1H3. The van der Waals surface area contributed by atoms with E-state index < -0.39 is 0 Å². The van der Waals surface area contributed by atoms with Gasteiger partial charge < -0.3 is 4.90 Å². The van der Waals surface area contributed by atoms with Gasteiger partial charge in [-0.3, -0.25) is 4.90 Å². The molecule has 2 heteroatoms. The van der Waals surface area contributed by atoms with E-state index in [0.29, 0.717) is 6.04 Å². The fraction of sp³-hybridized carbons (Fsp3) is 0.391. The second-order valence-corrected chi connectivity index (χ2v) is 7.45. The third kappa shape index (κ3) is 3.96. The van der Waals surface area contributed by atoms with Crippen molar-refractivity contribution in [3.05, 3.63) is 71.8 Å². The average molecular weight is 332 g/mol. The Morgan fingerprint density at radius 1 is 0.960 bits per heavy atom. The molecule has 1 saturated heterocycles. The largest absolute Gasteiger partial charge is 0.366 e. The van der Waals surface area contributed by atoms with Gasteiger partial charge in [0.25, 0.3) is 0 Å². The second-order valence-electron chi connectivity index (χ2n) is 7.45. The summed E-state index contributed by atoms with van der Waals surface area (Å²) in [5, 5.41) is 0. The van der Waals surface area contributed by atoms with Crippen LogP contribution in [0.4, 0.5) is 5.69 Å². The molecule has 25 heavy (non-hydrogen) atoms. The minimum absolute atomic E-state index is 0.568. The molecule has 0 N–H and O–H groups in total. The zero-order chi connectivity index (χ0) is 17.1. The molecule has 1 aliphatic carbocycles. The van der Waals surface area contributed by atoms with Gasteiger partial charge in [-0.25, -0.2) is 0 Å². The van der Waals surface area contributed by atoms with Crippen molar-refractivity contribution in [1.82, 2.24) is 4.90 Å². The molecule has 2 aromatic carbocycles. The van der Waals surface area contributed by atoms with Gasteiger partial charge in [0.15, 0.2) is 0 Å². The predicted octanol–water partition coefficient (Wildman–Crippen LogP) is 4.79. The van der Waals surface area contributed by atoms with E-state index in [1.165, 1.54) is 24.1 Å². The van der Waals surface area contributed by atoms with E-state index in [0.717, 1.165) is 32.1 Å². The van der Waals surface area contributed by atoms with Crippen LogP contribution in [0.1, 0.15) is 36.8 Å². The molecule has 0 aromatic heterocycles. The summed E-state index contributed by atoms with van der Waals surface area (Å²) in [6.45, 7) is 6.82. The SMILES string of the molecule is CC1CN(CC=Cc2ccccc2)CCN1c1ccccc1C1CC1. The van der Waals surface area contributed by atoms with Crippen LogP contribution in [0.5, 0.6) is 0 Å². The summed E-state index contributed by atoms with van der Waals surface area (Å²) in [7, 11) is 0.